The molecule has 4 heterocycles. The lowest BCUT2D eigenvalue weighted by Crippen LogP contribution is -2.48. The van der Waals surface area contributed by atoms with E-state index in [2.05, 4.69) is 5.16 Å². The monoisotopic (exact) mass is 409 g/mol. The highest BCUT2D eigenvalue weighted by molar-refractivity contribution is 7.18. The number of halogens is 1. The van der Waals surface area contributed by atoms with Crippen molar-refractivity contribution in [2.75, 3.05) is 26.2 Å². The number of piperidine rings is 2. The fourth-order valence-corrected chi connectivity index (χ4v) is 5.08. The molecule has 3 aliphatic heterocycles. The number of nitrogens with zero attached hydrogens (tertiary/aromatic N) is 3. The Morgan fingerprint density at radius 2 is 1.74 bits per heavy atom. The summed E-state index contributed by atoms with van der Waals surface area (Å²) in [7, 11) is 0. The van der Waals surface area contributed by atoms with Crippen molar-refractivity contribution in [3.8, 4) is 0 Å². The molecular weight excluding hydrogens is 386 g/mol. The Labute approximate surface area is 168 Å². The minimum atomic E-state index is -0.560. The second-order valence-corrected chi connectivity index (χ2v) is 9.14. The van der Waals surface area contributed by atoms with E-state index in [-0.39, 0.29) is 17.7 Å². The lowest BCUT2D eigenvalue weighted by atomic mass is 9.94. The molecule has 0 bridgehead atoms. The van der Waals surface area contributed by atoms with Gasteiger partial charge in [-0.3, -0.25) is 9.59 Å². The van der Waals surface area contributed by atoms with Crippen molar-refractivity contribution >= 4 is 40.5 Å². The molecule has 8 heteroatoms. The predicted molar refractivity (Wildman–Crippen MR) is 105 cm³/mol. The average Bonchev–Trinajstić information content (AvgIpc) is 3.37. The largest absolute Gasteiger partial charge is 0.382 e. The third-order valence-electron chi connectivity index (χ3n) is 5.63. The highest BCUT2D eigenvalue weighted by Gasteiger charge is 2.36. The molecule has 146 valence electrons. The molecule has 0 spiro atoms. The number of hydrogen-bond acceptors (Lipinski definition) is 5. The van der Waals surface area contributed by atoms with E-state index in [0.717, 1.165) is 49.4 Å². The van der Waals surface area contributed by atoms with Gasteiger partial charge in [-0.05, 0) is 44.2 Å². The molecule has 0 N–H and O–H groups in total. The molecule has 1 atom stereocenters. The third-order valence-corrected chi connectivity index (χ3v) is 6.91. The van der Waals surface area contributed by atoms with Crippen molar-refractivity contribution in [3.05, 3.63) is 21.3 Å². The Balaban J connectivity index is 1.27. The van der Waals surface area contributed by atoms with Crippen LogP contribution in [0.25, 0.3) is 0 Å². The van der Waals surface area contributed by atoms with Gasteiger partial charge >= 0.3 is 0 Å². The molecule has 27 heavy (non-hydrogen) atoms. The van der Waals surface area contributed by atoms with Gasteiger partial charge < -0.3 is 14.6 Å². The molecule has 0 radical (unpaired) electrons. The molecule has 4 rings (SSSR count). The van der Waals surface area contributed by atoms with E-state index in [1.54, 1.807) is 0 Å². The summed E-state index contributed by atoms with van der Waals surface area (Å²) in [6.07, 6.45) is 4.83. The zero-order valence-electron chi connectivity index (χ0n) is 15.2. The Hall–Kier alpha value is -1.60. The van der Waals surface area contributed by atoms with Gasteiger partial charge in [0.15, 0.2) is 0 Å². The van der Waals surface area contributed by atoms with Crippen LogP contribution in [0.5, 0.6) is 0 Å². The van der Waals surface area contributed by atoms with Gasteiger partial charge in [-0.1, -0.05) is 16.8 Å². The SMILES string of the molecule is O=C(C1CCN(C(=O)[C@H]2CC(c3ccc(Cl)s3)=NO2)CC1)N1CCCCC1. The Kier molecular flexibility index (Phi) is 5.68. The molecule has 0 saturated carbocycles. The molecule has 3 aliphatic rings. The first-order chi connectivity index (χ1) is 13.1. The maximum Gasteiger partial charge on any atom is 0.266 e. The minimum Gasteiger partial charge on any atom is -0.382 e. The van der Waals surface area contributed by atoms with E-state index in [4.69, 9.17) is 16.4 Å². The second kappa shape index (κ2) is 8.19. The van der Waals surface area contributed by atoms with Crippen molar-refractivity contribution < 1.29 is 14.4 Å². The van der Waals surface area contributed by atoms with Gasteiger partial charge in [-0.15, -0.1) is 11.3 Å². The van der Waals surface area contributed by atoms with E-state index in [1.807, 2.05) is 21.9 Å². The van der Waals surface area contributed by atoms with Crippen molar-refractivity contribution in [1.82, 2.24) is 9.80 Å². The predicted octanol–water partition coefficient (Wildman–Crippen LogP) is 3.15. The molecule has 2 saturated heterocycles. The Morgan fingerprint density at radius 3 is 2.41 bits per heavy atom. The van der Waals surface area contributed by atoms with E-state index in [9.17, 15) is 9.59 Å². The highest BCUT2D eigenvalue weighted by Crippen LogP contribution is 2.28. The van der Waals surface area contributed by atoms with Gasteiger partial charge in [0.25, 0.3) is 5.91 Å². The van der Waals surface area contributed by atoms with Crippen LogP contribution in [0, 0.1) is 5.92 Å². The summed E-state index contributed by atoms with van der Waals surface area (Å²) in [6.45, 7) is 3.01. The molecule has 2 fully saturated rings. The molecule has 1 aromatic heterocycles. The molecule has 2 amide bonds. The summed E-state index contributed by atoms with van der Waals surface area (Å²) >= 11 is 7.41. The highest BCUT2D eigenvalue weighted by atomic mass is 35.5. The van der Waals surface area contributed by atoms with Crippen LogP contribution < -0.4 is 0 Å². The number of carbonyl (C=O) groups is 2. The summed E-state index contributed by atoms with van der Waals surface area (Å²) in [5.74, 6) is 0.302. The average molecular weight is 410 g/mol. The number of carbonyl (C=O) groups excluding carboxylic acids is 2. The van der Waals surface area contributed by atoms with Gasteiger partial charge in [-0.2, -0.15) is 0 Å². The Morgan fingerprint density at radius 1 is 1.04 bits per heavy atom. The topological polar surface area (TPSA) is 62.2 Å². The van der Waals surface area contributed by atoms with Gasteiger partial charge in [0.1, 0.15) is 5.71 Å². The third kappa shape index (κ3) is 4.14. The lowest BCUT2D eigenvalue weighted by Gasteiger charge is -2.36. The van der Waals surface area contributed by atoms with Crippen LogP contribution in [0.1, 0.15) is 43.4 Å². The molecule has 1 aromatic rings. The van der Waals surface area contributed by atoms with E-state index in [1.165, 1.54) is 17.8 Å². The summed E-state index contributed by atoms with van der Waals surface area (Å²) in [6, 6.07) is 3.73. The summed E-state index contributed by atoms with van der Waals surface area (Å²) in [5.41, 5.74) is 0.778. The maximum absolute atomic E-state index is 12.8. The van der Waals surface area contributed by atoms with Crippen LogP contribution in [-0.2, 0) is 14.4 Å². The number of thiophene rings is 1. The lowest BCUT2D eigenvalue weighted by molar-refractivity contribution is -0.147. The minimum absolute atomic E-state index is 0.0275. The number of amides is 2. The molecule has 0 aliphatic carbocycles. The summed E-state index contributed by atoms with van der Waals surface area (Å²) in [5, 5.41) is 4.08. The van der Waals surface area contributed by atoms with Gasteiger partial charge in [-0.25, -0.2) is 0 Å². The standard InChI is InChI=1S/C19H24ClN3O3S/c20-17-5-4-16(27-17)14-12-15(26-21-14)19(25)23-10-6-13(7-11-23)18(24)22-8-2-1-3-9-22/h4-5,13,15H,1-3,6-12H2/t15-/m1/s1. The summed E-state index contributed by atoms with van der Waals surface area (Å²) < 4.78 is 0.697. The van der Waals surface area contributed by atoms with Gasteiger partial charge in [0.2, 0.25) is 12.0 Å². The smallest absolute Gasteiger partial charge is 0.266 e. The number of hydrogen-bond donors (Lipinski definition) is 0. The van der Waals surface area contributed by atoms with Crippen molar-refractivity contribution in [2.45, 2.75) is 44.6 Å². The van der Waals surface area contributed by atoms with Gasteiger partial charge in [0, 0.05) is 38.5 Å². The van der Waals surface area contributed by atoms with Crippen LogP contribution >= 0.6 is 22.9 Å². The number of rotatable bonds is 3. The quantitative estimate of drug-likeness (QED) is 0.770. The van der Waals surface area contributed by atoms with E-state index < -0.39 is 6.10 Å². The molecular formula is C19H24ClN3O3S. The van der Waals surface area contributed by atoms with Crippen LogP contribution in [0.4, 0.5) is 0 Å². The summed E-state index contributed by atoms with van der Waals surface area (Å²) in [4.78, 5) is 35.6. The van der Waals surface area contributed by atoms with Crippen LogP contribution in [0.15, 0.2) is 17.3 Å². The normalized spacial score (nSPS) is 23.9. The fraction of sp³-hybridized carbons (Fsp3) is 0.632. The van der Waals surface area contributed by atoms with Crippen LogP contribution in [0.3, 0.4) is 0 Å². The second-order valence-electron chi connectivity index (χ2n) is 7.43. The zero-order chi connectivity index (χ0) is 18.8. The first kappa shape index (κ1) is 18.7. The first-order valence-electron chi connectivity index (χ1n) is 9.68. The maximum atomic E-state index is 12.8. The van der Waals surface area contributed by atoms with E-state index in [0.29, 0.717) is 23.8 Å². The van der Waals surface area contributed by atoms with Crippen LogP contribution in [0.2, 0.25) is 4.34 Å². The van der Waals surface area contributed by atoms with Crippen molar-refractivity contribution in [2.24, 2.45) is 11.1 Å². The van der Waals surface area contributed by atoms with Crippen LogP contribution in [-0.4, -0.2) is 59.6 Å². The zero-order valence-corrected chi connectivity index (χ0v) is 16.8. The van der Waals surface area contributed by atoms with Gasteiger partial charge in [0.05, 0.1) is 9.21 Å². The van der Waals surface area contributed by atoms with E-state index >= 15 is 0 Å². The first-order valence-corrected chi connectivity index (χ1v) is 10.9. The number of likely N-dealkylation sites (tertiary alicyclic amines) is 2. The molecule has 0 aromatic carbocycles. The molecule has 6 nitrogen and oxygen atoms in total. The number of oxime groups is 1. The molecule has 0 unspecified atom stereocenters. The van der Waals surface area contributed by atoms with Crippen molar-refractivity contribution in [3.63, 3.8) is 0 Å². The fourth-order valence-electron chi connectivity index (χ4n) is 4.05. The Bertz CT molecular complexity index is 736. The van der Waals surface area contributed by atoms with Crippen molar-refractivity contribution in [1.29, 1.82) is 0 Å².